The molecule has 1 amide bonds. The lowest BCUT2D eigenvalue weighted by Crippen LogP contribution is -2.43. The number of nitrogens with two attached hydrogens (primary N) is 1. The zero-order valence-electron chi connectivity index (χ0n) is 11.6. The highest BCUT2D eigenvalue weighted by atomic mass is 35.5. The largest absolute Gasteiger partial charge is 0.347 e. The summed E-state index contributed by atoms with van der Waals surface area (Å²) in [4.78, 5) is 12.2. The summed E-state index contributed by atoms with van der Waals surface area (Å²) in [6, 6.07) is 10.3. The van der Waals surface area contributed by atoms with E-state index in [1.807, 2.05) is 44.2 Å². The number of nitrogens with one attached hydrogen (secondary N) is 1. The first-order chi connectivity index (χ1) is 8.49. The Morgan fingerprint density at radius 2 is 1.89 bits per heavy atom. The van der Waals surface area contributed by atoms with Crippen LogP contribution in [0.3, 0.4) is 0 Å². The van der Waals surface area contributed by atoms with Gasteiger partial charge in [0, 0.05) is 12.0 Å². The van der Waals surface area contributed by atoms with Crippen LogP contribution in [-0.4, -0.2) is 11.9 Å². The Hall–Kier alpha value is -1.06. The average molecular weight is 283 g/mol. The monoisotopic (exact) mass is 282 g/mol. The van der Waals surface area contributed by atoms with Gasteiger partial charge in [0.25, 0.3) is 0 Å². The molecule has 0 aromatic heterocycles. The van der Waals surface area contributed by atoms with Crippen molar-refractivity contribution in [2.75, 3.05) is 0 Å². The number of carbonyl (C=O) groups excluding carboxylic acids is 1. The van der Waals surface area contributed by atoms with Crippen LogP contribution in [0.1, 0.15) is 38.7 Å². The fourth-order valence-electron chi connectivity index (χ4n) is 2.59. The normalized spacial score (nSPS) is 22.7. The standard InChI is InChI=1S/C15H22N2O.ClH/c1-15(2,12-6-4-3-5-7-12)17-14(18)11-8-9-13(16)10-11;/h3-7,11,13H,8-10,16H2,1-2H3,(H,17,18);1H. The summed E-state index contributed by atoms with van der Waals surface area (Å²) in [7, 11) is 0. The van der Waals surface area contributed by atoms with Crippen molar-refractivity contribution in [2.24, 2.45) is 11.7 Å². The number of hydrogen-bond acceptors (Lipinski definition) is 2. The molecule has 1 saturated carbocycles. The average Bonchev–Trinajstić information content (AvgIpc) is 2.77. The number of rotatable bonds is 3. The molecule has 4 heteroatoms. The maximum Gasteiger partial charge on any atom is 0.223 e. The Bertz CT molecular complexity index is 419. The van der Waals surface area contributed by atoms with E-state index < -0.39 is 0 Å². The molecule has 0 spiro atoms. The Morgan fingerprint density at radius 3 is 2.42 bits per heavy atom. The van der Waals surface area contributed by atoms with Crippen LogP contribution >= 0.6 is 12.4 Å². The number of carbonyl (C=O) groups is 1. The van der Waals surface area contributed by atoms with Gasteiger partial charge in [0.15, 0.2) is 0 Å². The highest BCUT2D eigenvalue weighted by Gasteiger charge is 2.31. The topological polar surface area (TPSA) is 55.1 Å². The minimum absolute atomic E-state index is 0. The molecule has 2 atom stereocenters. The van der Waals surface area contributed by atoms with E-state index in [1.54, 1.807) is 0 Å². The van der Waals surface area contributed by atoms with E-state index >= 15 is 0 Å². The lowest BCUT2D eigenvalue weighted by Gasteiger charge is -2.28. The highest BCUT2D eigenvalue weighted by Crippen LogP contribution is 2.26. The molecule has 0 aliphatic heterocycles. The van der Waals surface area contributed by atoms with Gasteiger partial charge in [0.05, 0.1) is 5.54 Å². The van der Waals surface area contributed by atoms with Gasteiger partial charge in [-0.25, -0.2) is 0 Å². The summed E-state index contributed by atoms with van der Waals surface area (Å²) < 4.78 is 0. The van der Waals surface area contributed by atoms with Gasteiger partial charge in [-0.1, -0.05) is 30.3 Å². The van der Waals surface area contributed by atoms with Crippen molar-refractivity contribution in [1.82, 2.24) is 5.32 Å². The molecule has 1 fully saturated rings. The van der Waals surface area contributed by atoms with E-state index in [1.165, 1.54) is 0 Å². The van der Waals surface area contributed by atoms with Gasteiger partial charge in [-0.15, -0.1) is 12.4 Å². The molecule has 3 N–H and O–H groups in total. The van der Waals surface area contributed by atoms with Crippen LogP contribution in [0.5, 0.6) is 0 Å². The molecule has 0 saturated heterocycles. The van der Waals surface area contributed by atoms with E-state index in [0.29, 0.717) is 0 Å². The molecule has 0 heterocycles. The lowest BCUT2D eigenvalue weighted by atomic mass is 9.93. The fraction of sp³-hybridized carbons (Fsp3) is 0.533. The zero-order valence-corrected chi connectivity index (χ0v) is 12.4. The Kier molecular flexibility index (Phi) is 5.39. The third kappa shape index (κ3) is 3.95. The molecule has 1 aromatic carbocycles. The SMILES string of the molecule is CC(C)(NC(=O)C1CCC(N)C1)c1ccccc1.Cl. The minimum Gasteiger partial charge on any atom is -0.347 e. The van der Waals surface area contributed by atoms with E-state index in [4.69, 9.17) is 5.73 Å². The van der Waals surface area contributed by atoms with Crippen LogP contribution in [0.25, 0.3) is 0 Å². The van der Waals surface area contributed by atoms with Gasteiger partial charge in [0.1, 0.15) is 0 Å². The lowest BCUT2D eigenvalue weighted by molar-refractivity contribution is -0.126. The van der Waals surface area contributed by atoms with E-state index in [2.05, 4.69) is 5.32 Å². The molecule has 106 valence electrons. The summed E-state index contributed by atoms with van der Waals surface area (Å²) >= 11 is 0. The summed E-state index contributed by atoms with van der Waals surface area (Å²) in [6.45, 7) is 4.07. The van der Waals surface area contributed by atoms with Crippen molar-refractivity contribution in [3.8, 4) is 0 Å². The number of benzene rings is 1. The minimum atomic E-state index is -0.328. The molecule has 1 aliphatic carbocycles. The quantitative estimate of drug-likeness (QED) is 0.895. The number of hydrogen-bond donors (Lipinski definition) is 2. The molecule has 2 unspecified atom stereocenters. The second-order valence-corrected chi connectivity index (χ2v) is 5.75. The second kappa shape index (κ2) is 6.40. The smallest absolute Gasteiger partial charge is 0.223 e. The summed E-state index contributed by atoms with van der Waals surface area (Å²) in [5.41, 5.74) is 6.66. The van der Waals surface area contributed by atoms with Crippen LogP contribution in [0.4, 0.5) is 0 Å². The Morgan fingerprint density at radius 1 is 1.26 bits per heavy atom. The van der Waals surface area contributed by atoms with Crippen molar-refractivity contribution >= 4 is 18.3 Å². The molecule has 1 aromatic rings. The number of amides is 1. The summed E-state index contributed by atoms with van der Waals surface area (Å²) in [5.74, 6) is 0.222. The fourth-order valence-corrected chi connectivity index (χ4v) is 2.59. The molecule has 2 rings (SSSR count). The van der Waals surface area contributed by atoms with Crippen molar-refractivity contribution in [2.45, 2.75) is 44.7 Å². The van der Waals surface area contributed by atoms with Crippen LogP contribution in [0.15, 0.2) is 30.3 Å². The number of halogens is 1. The van der Waals surface area contributed by atoms with Crippen molar-refractivity contribution in [1.29, 1.82) is 0 Å². The first-order valence-electron chi connectivity index (χ1n) is 6.62. The van der Waals surface area contributed by atoms with E-state index in [-0.39, 0.29) is 35.8 Å². The van der Waals surface area contributed by atoms with Crippen LogP contribution in [0.2, 0.25) is 0 Å². The Labute approximate surface area is 121 Å². The van der Waals surface area contributed by atoms with Crippen molar-refractivity contribution in [3.63, 3.8) is 0 Å². The highest BCUT2D eigenvalue weighted by molar-refractivity contribution is 5.85. The first-order valence-corrected chi connectivity index (χ1v) is 6.62. The van der Waals surface area contributed by atoms with E-state index in [0.717, 1.165) is 24.8 Å². The summed E-state index contributed by atoms with van der Waals surface area (Å²) in [5, 5.41) is 3.14. The summed E-state index contributed by atoms with van der Waals surface area (Å²) in [6.07, 6.45) is 2.69. The van der Waals surface area contributed by atoms with Gasteiger partial charge in [0.2, 0.25) is 5.91 Å². The van der Waals surface area contributed by atoms with Gasteiger partial charge in [-0.2, -0.15) is 0 Å². The predicted octanol–water partition coefficient (Wildman–Crippen LogP) is 2.59. The molecule has 3 nitrogen and oxygen atoms in total. The van der Waals surface area contributed by atoms with Gasteiger partial charge in [-0.05, 0) is 38.7 Å². The van der Waals surface area contributed by atoms with E-state index in [9.17, 15) is 4.79 Å². The third-order valence-electron chi connectivity index (χ3n) is 3.78. The van der Waals surface area contributed by atoms with Gasteiger partial charge < -0.3 is 11.1 Å². The van der Waals surface area contributed by atoms with Gasteiger partial charge in [-0.3, -0.25) is 4.79 Å². The van der Waals surface area contributed by atoms with Crippen molar-refractivity contribution < 1.29 is 4.79 Å². The van der Waals surface area contributed by atoms with Crippen molar-refractivity contribution in [3.05, 3.63) is 35.9 Å². The van der Waals surface area contributed by atoms with Crippen LogP contribution < -0.4 is 11.1 Å². The van der Waals surface area contributed by atoms with Crippen LogP contribution in [0, 0.1) is 5.92 Å². The van der Waals surface area contributed by atoms with Crippen LogP contribution in [-0.2, 0) is 10.3 Å². The predicted molar refractivity (Wildman–Crippen MR) is 80.2 cm³/mol. The molecule has 19 heavy (non-hydrogen) atoms. The first kappa shape index (κ1) is 16.0. The second-order valence-electron chi connectivity index (χ2n) is 5.75. The molecular weight excluding hydrogens is 260 g/mol. The van der Waals surface area contributed by atoms with Gasteiger partial charge >= 0.3 is 0 Å². The molecule has 0 bridgehead atoms. The maximum atomic E-state index is 12.2. The Balaban J connectivity index is 0.00000180. The molecule has 1 aliphatic rings. The third-order valence-corrected chi connectivity index (χ3v) is 3.78. The molecular formula is C15H23ClN2O. The molecule has 0 radical (unpaired) electrons. The maximum absolute atomic E-state index is 12.2. The zero-order chi connectivity index (χ0) is 13.2.